The van der Waals surface area contributed by atoms with Gasteiger partial charge >= 0.3 is 7.48 Å². The molecule has 0 aromatic heterocycles. The van der Waals surface area contributed by atoms with Crippen molar-refractivity contribution in [2.24, 2.45) is 0 Å². The summed E-state index contributed by atoms with van der Waals surface area (Å²) in [6, 6.07) is 5.66. The number of nitrogens with two attached hydrogens (primary N) is 1. The molecule has 3 nitrogen and oxygen atoms in total. The lowest BCUT2D eigenvalue weighted by molar-refractivity contribution is -0.0893. The van der Waals surface area contributed by atoms with Crippen LogP contribution in [0.2, 0.25) is 0 Å². The molecule has 0 aliphatic rings. The minimum absolute atomic E-state index is 0.663. The van der Waals surface area contributed by atoms with Crippen molar-refractivity contribution in [3.05, 3.63) is 23.8 Å². The highest BCUT2D eigenvalue weighted by Crippen LogP contribution is 2.24. The molecule has 3 N–H and O–H groups in total. The Kier molecular flexibility index (Phi) is 3.90. The van der Waals surface area contributed by atoms with E-state index in [-0.39, 0.29) is 0 Å². The lowest BCUT2D eigenvalue weighted by atomic mass is 9.80. The Bertz CT molecular complexity index is 397. The van der Waals surface area contributed by atoms with E-state index in [9.17, 15) is 5.11 Å². The molecular formula is C13H21BNO2. The maximum atomic E-state index is 9.98. The Balaban J connectivity index is 2.77. The van der Waals surface area contributed by atoms with Gasteiger partial charge in [-0.3, -0.25) is 0 Å². The number of anilines is 1. The SMILES string of the molecule is Cc1ccc(N)cc1[B]OC(C)(C)C(C)(C)O. The second-order valence-electron chi connectivity index (χ2n) is 5.42. The largest absolute Gasteiger partial charge is 0.427 e. The Labute approximate surface area is 104 Å². The van der Waals surface area contributed by atoms with Gasteiger partial charge in [-0.1, -0.05) is 11.6 Å². The van der Waals surface area contributed by atoms with E-state index in [1.807, 2.05) is 39.0 Å². The van der Waals surface area contributed by atoms with Crippen LogP contribution in [0.5, 0.6) is 0 Å². The zero-order valence-electron chi connectivity index (χ0n) is 11.2. The Morgan fingerprint density at radius 2 is 1.82 bits per heavy atom. The number of hydrogen-bond donors (Lipinski definition) is 2. The molecule has 0 saturated carbocycles. The third kappa shape index (κ3) is 3.48. The smallest absolute Gasteiger partial charge is 0.331 e. The van der Waals surface area contributed by atoms with Crippen LogP contribution >= 0.6 is 0 Å². The number of aliphatic hydroxyl groups is 1. The van der Waals surface area contributed by atoms with Crippen molar-refractivity contribution in [2.45, 2.75) is 45.8 Å². The fourth-order valence-corrected chi connectivity index (χ4v) is 1.14. The van der Waals surface area contributed by atoms with Crippen molar-refractivity contribution in [3.63, 3.8) is 0 Å². The first-order valence-corrected chi connectivity index (χ1v) is 5.73. The second-order valence-corrected chi connectivity index (χ2v) is 5.42. The van der Waals surface area contributed by atoms with Gasteiger partial charge in [-0.05, 0) is 52.2 Å². The van der Waals surface area contributed by atoms with Gasteiger partial charge < -0.3 is 15.5 Å². The molecule has 93 valence electrons. The van der Waals surface area contributed by atoms with Crippen LogP contribution in [0.4, 0.5) is 5.69 Å². The molecular weight excluding hydrogens is 213 g/mol. The molecule has 17 heavy (non-hydrogen) atoms. The third-order valence-electron chi connectivity index (χ3n) is 3.26. The van der Waals surface area contributed by atoms with Crippen molar-refractivity contribution in [2.75, 3.05) is 5.73 Å². The molecule has 0 atom stereocenters. The first kappa shape index (κ1) is 14.1. The molecule has 1 aromatic carbocycles. The molecule has 0 amide bonds. The van der Waals surface area contributed by atoms with Crippen LogP contribution in [0, 0.1) is 6.92 Å². The van der Waals surface area contributed by atoms with Gasteiger partial charge in [-0.25, -0.2) is 0 Å². The van der Waals surface area contributed by atoms with Crippen molar-refractivity contribution < 1.29 is 9.76 Å². The Morgan fingerprint density at radius 3 is 2.35 bits per heavy atom. The average molecular weight is 234 g/mol. The molecule has 4 heteroatoms. The predicted molar refractivity (Wildman–Crippen MR) is 72.4 cm³/mol. The number of nitrogen functional groups attached to an aromatic ring is 1. The summed E-state index contributed by atoms with van der Waals surface area (Å²) < 4.78 is 5.69. The van der Waals surface area contributed by atoms with E-state index in [4.69, 9.17) is 10.4 Å². The molecule has 0 aliphatic heterocycles. The van der Waals surface area contributed by atoms with Gasteiger partial charge in [0.2, 0.25) is 0 Å². The molecule has 1 rings (SSSR count). The minimum atomic E-state index is -0.919. The fraction of sp³-hybridized carbons (Fsp3) is 0.538. The normalized spacial score (nSPS) is 12.6. The summed E-state index contributed by atoms with van der Waals surface area (Å²) in [4.78, 5) is 0. The van der Waals surface area contributed by atoms with Gasteiger partial charge in [-0.15, -0.1) is 0 Å². The Morgan fingerprint density at radius 1 is 1.24 bits per heavy atom. The second kappa shape index (κ2) is 4.71. The average Bonchev–Trinajstić information content (AvgIpc) is 2.18. The highest BCUT2D eigenvalue weighted by Gasteiger charge is 2.35. The molecule has 1 radical (unpaired) electrons. The quantitative estimate of drug-likeness (QED) is 0.611. The summed E-state index contributed by atoms with van der Waals surface area (Å²) in [5.41, 5.74) is 6.87. The topological polar surface area (TPSA) is 55.5 Å². The number of hydrogen-bond acceptors (Lipinski definition) is 3. The van der Waals surface area contributed by atoms with Crippen molar-refractivity contribution in [1.29, 1.82) is 0 Å². The van der Waals surface area contributed by atoms with Gasteiger partial charge in [0.05, 0.1) is 11.2 Å². The summed E-state index contributed by atoms with van der Waals surface area (Å²) in [5, 5.41) is 9.98. The van der Waals surface area contributed by atoms with Gasteiger partial charge in [0, 0.05) is 5.69 Å². The van der Waals surface area contributed by atoms with E-state index in [2.05, 4.69) is 0 Å². The molecule has 0 fully saturated rings. The van der Waals surface area contributed by atoms with Crippen LogP contribution in [-0.4, -0.2) is 23.8 Å². The van der Waals surface area contributed by atoms with Gasteiger partial charge in [-0.2, -0.15) is 0 Å². The highest BCUT2D eigenvalue weighted by molar-refractivity contribution is 6.48. The third-order valence-corrected chi connectivity index (χ3v) is 3.26. The van der Waals surface area contributed by atoms with Crippen molar-refractivity contribution in [3.8, 4) is 0 Å². The molecule has 1 aromatic rings. The Hall–Kier alpha value is -0.995. The van der Waals surface area contributed by atoms with Crippen LogP contribution in [0.3, 0.4) is 0 Å². The zero-order valence-corrected chi connectivity index (χ0v) is 11.2. The highest BCUT2D eigenvalue weighted by atomic mass is 16.5. The van der Waals surface area contributed by atoms with E-state index in [1.54, 1.807) is 21.3 Å². The van der Waals surface area contributed by atoms with E-state index >= 15 is 0 Å². The number of aryl methyl sites for hydroxylation is 1. The van der Waals surface area contributed by atoms with E-state index < -0.39 is 11.2 Å². The minimum Gasteiger partial charge on any atom is -0.427 e. The summed E-state index contributed by atoms with van der Waals surface area (Å²) in [5.74, 6) is 0. The molecule has 0 spiro atoms. The predicted octanol–water partition coefficient (Wildman–Crippen LogP) is 1.39. The van der Waals surface area contributed by atoms with Crippen LogP contribution in [0.25, 0.3) is 0 Å². The first-order chi connectivity index (χ1) is 7.63. The number of benzene rings is 1. The monoisotopic (exact) mass is 234 g/mol. The summed E-state index contributed by atoms with van der Waals surface area (Å²) in [7, 11) is 1.66. The first-order valence-electron chi connectivity index (χ1n) is 5.73. The molecule has 0 heterocycles. The molecule has 0 aliphatic carbocycles. The van der Waals surface area contributed by atoms with E-state index in [0.29, 0.717) is 5.69 Å². The van der Waals surface area contributed by atoms with Crippen LogP contribution in [0.1, 0.15) is 33.3 Å². The van der Waals surface area contributed by atoms with Gasteiger partial charge in [0.1, 0.15) is 0 Å². The standard InChI is InChI=1S/C13H21BNO2/c1-9-6-7-10(15)8-11(9)14-17-13(4,5)12(2,3)16/h6-8,16H,15H2,1-5H3. The maximum Gasteiger partial charge on any atom is 0.331 e. The van der Waals surface area contributed by atoms with Crippen LogP contribution < -0.4 is 11.2 Å². The summed E-state index contributed by atoms with van der Waals surface area (Å²) in [6.45, 7) is 9.15. The van der Waals surface area contributed by atoms with Gasteiger partial charge in [0.25, 0.3) is 0 Å². The zero-order chi connectivity index (χ0) is 13.3. The van der Waals surface area contributed by atoms with E-state index in [1.165, 1.54) is 0 Å². The van der Waals surface area contributed by atoms with Crippen LogP contribution in [0.15, 0.2) is 18.2 Å². The summed E-state index contributed by atoms with van der Waals surface area (Å²) in [6.07, 6.45) is 0. The molecule has 0 saturated heterocycles. The van der Waals surface area contributed by atoms with Crippen LogP contribution in [-0.2, 0) is 4.65 Å². The number of rotatable bonds is 4. The van der Waals surface area contributed by atoms with Crippen molar-refractivity contribution >= 4 is 18.6 Å². The van der Waals surface area contributed by atoms with Gasteiger partial charge in [0.15, 0.2) is 0 Å². The fourth-order valence-electron chi connectivity index (χ4n) is 1.14. The van der Waals surface area contributed by atoms with E-state index in [0.717, 1.165) is 11.0 Å². The maximum absolute atomic E-state index is 9.98. The summed E-state index contributed by atoms with van der Waals surface area (Å²) >= 11 is 0. The van der Waals surface area contributed by atoms with Crippen molar-refractivity contribution in [1.82, 2.24) is 0 Å². The molecule has 0 bridgehead atoms. The lowest BCUT2D eigenvalue weighted by Crippen LogP contribution is -2.49. The molecule has 0 unspecified atom stereocenters. The lowest BCUT2D eigenvalue weighted by Gasteiger charge is -2.37.